The lowest BCUT2D eigenvalue weighted by molar-refractivity contribution is 0.152. The highest BCUT2D eigenvalue weighted by molar-refractivity contribution is 5.49. The number of hydrogen-bond donors (Lipinski definition) is 1. The van der Waals surface area contributed by atoms with Crippen LogP contribution in [0.1, 0.15) is 18.9 Å². The average molecular weight is 252 g/mol. The monoisotopic (exact) mass is 252 g/mol. The number of ether oxygens (including phenoxy) is 1. The fourth-order valence-electron chi connectivity index (χ4n) is 2.29. The standard InChI is InChI=1S/C14H21FN2O/c1-11(16)9-12-3-4-14(13(15)10-12)17-5-2-7-18-8-6-17/h3-4,10-11H,2,5-9,16H2,1H3. The van der Waals surface area contributed by atoms with Gasteiger partial charge in [-0.3, -0.25) is 0 Å². The third-order valence-electron chi connectivity index (χ3n) is 3.13. The Hall–Kier alpha value is -1.13. The van der Waals surface area contributed by atoms with Gasteiger partial charge in [-0.15, -0.1) is 0 Å². The van der Waals surface area contributed by atoms with Gasteiger partial charge in [0, 0.05) is 25.7 Å². The minimum atomic E-state index is -0.157. The molecule has 1 fully saturated rings. The van der Waals surface area contributed by atoms with E-state index >= 15 is 0 Å². The Bertz CT molecular complexity index is 387. The summed E-state index contributed by atoms with van der Waals surface area (Å²) in [5.74, 6) is -0.157. The van der Waals surface area contributed by atoms with E-state index < -0.39 is 0 Å². The van der Waals surface area contributed by atoms with Crippen molar-refractivity contribution in [2.24, 2.45) is 5.73 Å². The average Bonchev–Trinajstić information content (AvgIpc) is 2.57. The van der Waals surface area contributed by atoms with Crippen LogP contribution in [0.3, 0.4) is 0 Å². The summed E-state index contributed by atoms with van der Waals surface area (Å²) in [4.78, 5) is 2.05. The molecule has 1 saturated heterocycles. The molecule has 100 valence electrons. The number of nitrogens with two attached hydrogens (primary N) is 1. The van der Waals surface area contributed by atoms with Crippen LogP contribution in [0.25, 0.3) is 0 Å². The Balaban J connectivity index is 2.12. The number of rotatable bonds is 3. The number of benzene rings is 1. The SMILES string of the molecule is CC(N)Cc1ccc(N2CCCOCC2)c(F)c1. The first-order valence-electron chi connectivity index (χ1n) is 6.53. The zero-order chi connectivity index (χ0) is 13.0. The van der Waals surface area contributed by atoms with Crippen LogP contribution in [0.2, 0.25) is 0 Å². The fraction of sp³-hybridized carbons (Fsp3) is 0.571. The summed E-state index contributed by atoms with van der Waals surface area (Å²) in [6, 6.07) is 5.48. The molecule has 4 heteroatoms. The summed E-state index contributed by atoms with van der Waals surface area (Å²) in [7, 11) is 0. The molecule has 2 rings (SSSR count). The third kappa shape index (κ3) is 3.43. The van der Waals surface area contributed by atoms with Gasteiger partial charge in [0.25, 0.3) is 0 Å². The molecule has 1 aromatic carbocycles. The molecule has 18 heavy (non-hydrogen) atoms. The zero-order valence-electron chi connectivity index (χ0n) is 10.9. The van der Waals surface area contributed by atoms with E-state index in [-0.39, 0.29) is 11.9 Å². The topological polar surface area (TPSA) is 38.5 Å². The van der Waals surface area contributed by atoms with Crippen molar-refractivity contribution >= 4 is 5.69 Å². The van der Waals surface area contributed by atoms with Crippen LogP contribution in [0, 0.1) is 5.82 Å². The molecule has 1 atom stereocenters. The smallest absolute Gasteiger partial charge is 0.146 e. The van der Waals surface area contributed by atoms with Gasteiger partial charge in [-0.05, 0) is 37.5 Å². The summed E-state index contributed by atoms with van der Waals surface area (Å²) >= 11 is 0. The first kappa shape index (κ1) is 13.3. The largest absolute Gasteiger partial charge is 0.380 e. The minimum Gasteiger partial charge on any atom is -0.380 e. The maximum absolute atomic E-state index is 14.1. The molecule has 0 aliphatic carbocycles. The van der Waals surface area contributed by atoms with Crippen LogP contribution < -0.4 is 10.6 Å². The van der Waals surface area contributed by atoms with Gasteiger partial charge in [-0.25, -0.2) is 4.39 Å². The zero-order valence-corrected chi connectivity index (χ0v) is 10.9. The van der Waals surface area contributed by atoms with Gasteiger partial charge in [0.05, 0.1) is 12.3 Å². The van der Waals surface area contributed by atoms with Crippen LogP contribution in [0.15, 0.2) is 18.2 Å². The van der Waals surface area contributed by atoms with Crippen molar-refractivity contribution in [3.05, 3.63) is 29.6 Å². The van der Waals surface area contributed by atoms with Crippen LogP contribution in [-0.2, 0) is 11.2 Å². The van der Waals surface area contributed by atoms with Crippen molar-refractivity contribution in [3.8, 4) is 0 Å². The van der Waals surface area contributed by atoms with E-state index in [2.05, 4.69) is 4.90 Å². The molecule has 0 spiro atoms. The molecule has 1 heterocycles. The highest BCUT2D eigenvalue weighted by atomic mass is 19.1. The molecule has 0 amide bonds. The normalized spacial score (nSPS) is 18.5. The quantitative estimate of drug-likeness (QED) is 0.893. The predicted molar refractivity (Wildman–Crippen MR) is 71.4 cm³/mol. The van der Waals surface area contributed by atoms with Crippen molar-refractivity contribution in [3.63, 3.8) is 0 Å². The molecule has 1 aromatic rings. The molecule has 0 radical (unpaired) electrons. The van der Waals surface area contributed by atoms with Crippen LogP contribution >= 0.6 is 0 Å². The number of anilines is 1. The van der Waals surface area contributed by atoms with Crippen molar-refractivity contribution in [1.82, 2.24) is 0 Å². The molecular weight excluding hydrogens is 231 g/mol. The molecular formula is C14H21FN2O. The number of hydrogen-bond acceptors (Lipinski definition) is 3. The Kier molecular flexibility index (Phi) is 4.55. The Morgan fingerprint density at radius 1 is 1.39 bits per heavy atom. The molecule has 3 nitrogen and oxygen atoms in total. The van der Waals surface area contributed by atoms with E-state index in [9.17, 15) is 4.39 Å². The van der Waals surface area contributed by atoms with Gasteiger partial charge in [0.15, 0.2) is 0 Å². The molecule has 1 aliphatic heterocycles. The highest BCUT2D eigenvalue weighted by Gasteiger charge is 2.14. The van der Waals surface area contributed by atoms with Crippen LogP contribution in [0.4, 0.5) is 10.1 Å². The van der Waals surface area contributed by atoms with Crippen molar-refractivity contribution < 1.29 is 9.13 Å². The van der Waals surface area contributed by atoms with Gasteiger partial charge >= 0.3 is 0 Å². The van der Waals surface area contributed by atoms with E-state index in [1.54, 1.807) is 6.07 Å². The maximum atomic E-state index is 14.1. The van der Waals surface area contributed by atoms with Gasteiger partial charge < -0.3 is 15.4 Å². The second-order valence-electron chi connectivity index (χ2n) is 4.92. The van der Waals surface area contributed by atoms with E-state index in [0.717, 1.165) is 31.7 Å². The molecule has 0 saturated carbocycles. The third-order valence-corrected chi connectivity index (χ3v) is 3.13. The van der Waals surface area contributed by atoms with E-state index in [4.69, 9.17) is 10.5 Å². The maximum Gasteiger partial charge on any atom is 0.146 e. The first-order valence-corrected chi connectivity index (χ1v) is 6.53. The molecule has 1 unspecified atom stereocenters. The first-order chi connectivity index (χ1) is 8.66. The second kappa shape index (κ2) is 6.16. The van der Waals surface area contributed by atoms with Gasteiger partial charge in [-0.2, -0.15) is 0 Å². The lowest BCUT2D eigenvalue weighted by Gasteiger charge is -2.23. The summed E-state index contributed by atoms with van der Waals surface area (Å²) in [5, 5.41) is 0. The van der Waals surface area contributed by atoms with Crippen molar-refractivity contribution in [2.75, 3.05) is 31.2 Å². The lowest BCUT2D eigenvalue weighted by Crippen LogP contribution is -2.27. The van der Waals surface area contributed by atoms with E-state index in [1.807, 2.05) is 19.1 Å². The summed E-state index contributed by atoms with van der Waals surface area (Å²) in [6.07, 6.45) is 1.65. The van der Waals surface area contributed by atoms with Crippen LogP contribution in [0.5, 0.6) is 0 Å². The van der Waals surface area contributed by atoms with Gasteiger partial charge in [0.1, 0.15) is 5.82 Å². The highest BCUT2D eigenvalue weighted by Crippen LogP contribution is 2.22. The second-order valence-corrected chi connectivity index (χ2v) is 4.92. The molecule has 2 N–H and O–H groups in total. The van der Waals surface area contributed by atoms with E-state index in [1.165, 1.54) is 0 Å². The Labute approximate surface area is 108 Å². The fourth-order valence-corrected chi connectivity index (χ4v) is 2.29. The number of nitrogens with zero attached hydrogens (tertiary/aromatic N) is 1. The van der Waals surface area contributed by atoms with Gasteiger partial charge in [0.2, 0.25) is 0 Å². The lowest BCUT2D eigenvalue weighted by atomic mass is 10.1. The predicted octanol–water partition coefficient (Wildman–Crippen LogP) is 1.94. The summed E-state index contributed by atoms with van der Waals surface area (Å²) in [6.45, 7) is 4.97. The molecule has 0 aromatic heterocycles. The van der Waals surface area contributed by atoms with Gasteiger partial charge in [-0.1, -0.05) is 6.07 Å². The van der Waals surface area contributed by atoms with E-state index in [0.29, 0.717) is 18.7 Å². The molecule has 1 aliphatic rings. The summed E-state index contributed by atoms with van der Waals surface area (Å²) < 4.78 is 19.5. The van der Waals surface area contributed by atoms with Crippen LogP contribution in [-0.4, -0.2) is 32.3 Å². The Morgan fingerprint density at radius 2 is 2.22 bits per heavy atom. The van der Waals surface area contributed by atoms with Crippen molar-refractivity contribution in [2.45, 2.75) is 25.8 Å². The molecule has 0 bridgehead atoms. The van der Waals surface area contributed by atoms with Crippen molar-refractivity contribution in [1.29, 1.82) is 0 Å². The summed E-state index contributed by atoms with van der Waals surface area (Å²) in [5.41, 5.74) is 7.36. The number of halogens is 1. The minimum absolute atomic E-state index is 0.0573. The Morgan fingerprint density at radius 3 is 2.94 bits per heavy atom.